The number of hydroxylamine groups is 1. The molecule has 0 fully saturated rings. The molecule has 0 saturated carbocycles. The van der Waals surface area contributed by atoms with Crippen molar-refractivity contribution in [1.82, 2.24) is 10.7 Å². The summed E-state index contributed by atoms with van der Waals surface area (Å²) in [4.78, 5) is 19.1. The highest BCUT2D eigenvalue weighted by atomic mass is 16.6. The van der Waals surface area contributed by atoms with Gasteiger partial charge in [-0.3, -0.25) is 4.79 Å². The van der Waals surface area contributed by atoms with Gasteiger partial charge in [-0.15, -0.1) is 0 Å². The molecule has 2 amide bonds. The molecule has 1 unspecified atom stereocenters. The van der Waals surface area contributed by atoms with Crippen molar-refractivity contribution >= 4 is 12.8 Å². The first-order valence-electron chi connectivity index (χ1n) is 1.96. The number of quaternary nitrogens is 1. The second-order valence-electron chi connectivity index (χ2n) is 1.07. The minimum absolute atomic E-state index is 0.0174. The second-order valence-corrected chi connectivity index (χ2v) is 1.07. The van der Waals surface area contributed by atoms with Gasteiger partial charge in [0.1, 0.15) is 0 Å². The van der Waals surface area contributed by atoms with Gasteiger partial charge in [-0.05, 0) is 0 Å². The molecule has 7 nitrogen and oxygen atoms in total. The second kappa shape index (κ2) is 3.92. The zero-order valence-electron chi connectivity index (χ0n) is 4.40. The van der Waals surface area contributed by atoms with Crippen molar-refractivity contribution < 1.29 is 14.8 Å². The van der Waals surface area contributed by atoms with Gasteiger partial charge < -0.3 is 5.21 Å². The Morgan fingerprint density at radius 3 is 2.56 bits per heavy atom. The first-order valence-corrected chi connectivity index (χ1v) is 1.96. The molecular formula is C2H6N4O3. The van der Waals surface area contributed by atoms with Crippen molar-refractivity contribution in [1.29, 1.82) is 0 Å². The number of nitrogens with one attached hydrogen (secondary N) is 2. The van der Waals surface area contributed by atoms with E-state index in [2.05, 4.69) is 0 Å². The monoisotopic (exact) mass is 134 g/mol. The fraction of sp³-hybridized carbons (Fsp3) is 0. The van der Waals surface area contributed by atoms with Gasteiger partial charge in [0.15, 0.2) is 0 Å². The Balaban J connectivity index is 3.56. The molecule has 52 valence electrons. The standard InChI is InChI=1S/C2H6N4O3/c3-6(4-1-7)5(9)2-8/h1-2,5H,3H2,(H,4,7). The third kappa shape index (κ3) is 2.72. The Morgan fingerprint density at radius 2 is 2.22 bits per heavy atom. The van der Waals surface area contributed by atoms with Crippen LogP contribution < -0.4 is 16.4 Å². The predicted molar refractivity (Wildman–Crippen MR) is 25.6 cm³/mol. The molecule has 0 spiro atoms. The van der Waals surface area contributed by atoms with Crippen LogP contribution in [0, 0.1) is 5.21 Å². The molecule has 0 aliphatic carbocycles. The number of nitrogens with two attached hydrogens (primary N) is 1. The molecule has 0 radical (unpaired) electrons. The van der Waals surface area contributed by atoms with E-state index >= 15 is 0 Å². The van der Waals surface area contributed by atoms with Crippen LogP contribution in [0.25, 0.3) is 0 Å². The Labute approximate surface area is 50.5 Å². The van der Waals surface area contributed by atoms with Gasteiger partial charge in [0.25, 0.3) is 0 Å². The summed E-state index contributed by atoms with van der Waals surface area (Å²) in [6.45, 7) is 0. The minimum Gasteiger partial charge on any atom is -0.603 e. The quantitative estimate of drug-likeness (QED) is 0.208. The highest BCUT2D eigenvalue weighted by Gasteiger charge is 2.00. The van der Waals surface area contributed by atoms with Crippen molar-refractivity contribution in [2.24, 2.45) is 5.84 Å². The highest BCUT2D eigenvalue weighted by Crippen LogP contribution is 1.39. The van der Waals surface area contributed by atoms with E-state index in [9.17, 15) is 14.8 Å². The fourth-order valence-corrected chi connectivity index (χ4v) is 0.177. The summed E-state index contributed by atoms with van der Waals surface area (Å²) in [5, 5.41) is 9.38. The van der Waals surface area contributed by atoms with Crippen molar-refractivity contribution in [3.8, 4) is 0 Å². The van der Waals surface area contributed by atoms with Crippen LogP contribution in [0.3, 0.4) is 0 Å². The lowest BCUT2D eigenvalue weighted by molar-refractivity contribution is -0.901. The SMILES string of the molecule is NN(NC=O)[NH+]([O-])C=O. The maximum absolute atomic E-state index is 10.1. The molecule has 1 atom stereocenters. The topological polar surface area (TPSA) is 103 Å². The Morgan fingerprint density at radius 1 is 1.67 bits per heavy atom. The number of hydrogen-bond donors (Lipinski definition) is 3. The molecule has 0 aromatic heterocycles. The molecule has 0 aliphatic rings. The maximum Gasteiger partial charge on any atom is 0.322 e. The smallest absolute Gasteiger partial charge is 0.322 e. The number of hydrazine groups is 2. The van der Waals surface area contributed by atoms with E-state index in [1.54, 1.807) is 5.43 Å². The van der Waals surface area contributed by atoms with Gasteiger partial charge in [-0.1, -0.05) is 0 Å². The lowest BCUT2D eigenvalue weighted by Gasteiger charge is -2.20. The van der Waals surface area contributed by atoms with E-state index in [4.69, 9.17) is 5.84 Å². The van der Waals surface area contributed by atoms with Crippen LogP contribution in [0.1, 0.15) is 0 Å². The van der Waals surface area contributed by atoms with Crippen LogP contribution in [0.5, 0.6) is 0 Å². The summed E-state index contributed by atoms with van der Waals surface area (Å²) in [6.07, 6.45) is 0.165. The van der Waals surface area contributed by atoms with Crippen molar-refractivity contribution in [3.63, 3.8) is 0 Å². The normalized spacial score (nSPS) is 12.8. The van der Waals surface area contributed by atoms with Crippen LogP contribution in [-0.4, -0.2) is 18.0 Å². The maximum atomic E-state index is 10.1. The first kappa shape index (κ1) is 7.98. The average Bonchev–Trinajstić information content (AvgIpc) is 1.87. The van der Waals surface area contributed by atoms with Crippen LogP contribution in [0.15, 0.2) is 0 Å². The minimum atomic E-state index is -1.01. The third-order valence-corrected chi connectivity index (χ3v) is 0.530. The van der Waals surface area contributed by atoms with Gasteiger partial charge >= 0.3 is 6.41 Å². The van der Waals surface area contributed by atoms with Gasteiger partial charge in [-0.2, -0.15) is 5.17 Å². The van der Waals surface area contributed by atoms with Gasteiger partial charge in [-0.25, -0.2) is 16.1 Å². The molecule has 0 aliphatic heterocycles. The van der Waals surface area contributed by atoms with Crippen LogP contribution in [-0.2, 0) is 9.59 Å². The van der Waals surface area contributed by atoms with E-state index < -0.39 is 5.17 Å². The largest absolute Gasteiger partial charge is 0.603 e. The summed E-state index contributed by atoms with van der Waals surface area (Å²) in [5.41, 5.74) is 1.75. The zero-order valence-corrected chi connectivity index (χ0v) is 4.40. The molecule has 0 saturated heterocycles. The molecule has 0 aromatic rings. The molecule has 4 N–H and O–H groups in total. The number of amides is 2. The van der Waals surface area contributed by atoms with E-state index in [1.807, 2.05) is 0 Å². The summed E-state index contributed by atoms with van der Waals surface area (Å²) >= 11 is 0. The molecule has 0 aromatic carbocycles. The Hall–Kier alpha value is -1.02. The van der Waals surface area contributed by atoms with Gasteiger partial charge in [0, 0.05) is 5.23 Å². The van der Waals surface area contributed by atoms with E-state index in [-0.39, 0.29) is 18.0 Å². The molecule has 9 heavy (non-hydrogen) atoms. The zero-order chi connectivity index (χ0) is 7.28. The van der Waals surface area contributed by atoms with E-state index in [0.29, 0.717) is 0 Å². The Kier molecular flexibility index (Phi) is 3.48. The van der Waals surface area contributed by atoms with E-state index in [1.165, 1.54) is 0 Å². The van der Waals surface area contributed by atoms with Crippen LogP contribution in [0.2, 0.25) is 0 Å². The summed E-state index contributed by atoms with van der Waals surface area (Å²) in [5.74, 6) is 4.75. The summed E-state index contributed by atoms with van der Waals surface area (Å²) < 4.78 is 0. The van der Waals surface area contributed by atoms with Crippen molar-refractivity contribution in [3.05, 3.63) is 5.21 Å². The number of hydrogen-bond acceptors (Lipinski definition) is 5. The van der Waals surface area contributed by atoms with Gasteiger partial charge in [0.05, 0.1) is 0 Å². The molecular weight excluding hydrogens is 128 g/mol. The number of rotatable bonds is 4. The third-order valence-electron chi connectivity index (χ3n) is 0.530. The number of carbonyl (C=O) groups is 2. The first-order chi connectivity index (χ1) is 4.22. The average molecular weight is 134 g/mol. The summed E-state index contributed by atoms with van der Waals surface area (Å²) in [6, 6.07) is 0. The number of nitrogens with zero attached hydrogens (tertiary/aromatic N) is 1. The predicted octanol–water partition coefficient (Wildman–Crippen LogP) is -3.72. The molecule has 0 bridgehead atoms. The molecule has 0 heterocycles. The lowest BCUT2D eigenvalue weighted by atomic mass is 11.3. The van der Waals surface area contributed by atoms with Crippen LogP contribution in [0.4, 0.5) is 0 Å². The van der Waals surface area contributed by atoms with Crippen molar-refractivity contribution in [2.75, 3.05) is 0 Å². The summed E-state index contributed by atoms with van der Waals surface area (Å²) in [7, 11) is 0. The molecule has 7 heteroatoms. The number of carbonyl (C=O) groups excluding carboxylic acids is 2. The van der Waals surface area contributed by atoms with Gasteiger partial charge in [0.2, 0.25) is 6.41 Å². The fourth-order valence-electron chi connectivity index (χ4n) is 0.177. The highest BCUT2D eigenvalue weighted by molar-refractivity contribution is 5.44. The van der Waals surface area contributed by atoms with Crippen molar-refractivity contribution in [2.45, 2.75) is 0 Å². The van der Waals surface area contributed by atoms with Crippen LogP contribution >= 0.6 is 0 Å². The Bertz CT molecular complexity index is 106. The molecule has 0 rings (SSSR count). The lowest BCUT2D eigenvalue weighted by Crippen LogP contribution is -3.16. The van der Waals surface area contributed by atoms with E-state index in [0.717, 1.165) is 0 Å².